The van der Waals surface area contributed by atoms with Crippen LogP contribution in [0.3, 0.4) is 0 Å². The number of hydrogen-bond acceptors (Lipinski definition) is 4. The first-order chi connectivity index (χ1) is 27.0. The summed E-state index contributed by atoms with van der Waals surface area (Å²) in [5, 5.41) is 20.9. The number of carbonyl (C=O) groups is 2. The summed E-state index contributed by atoms with van der Waals surface area (Å²) in [5.41, 5.74) is 14.3. The quantitative estimate of drug-likeness (QED) is 0.159. The molecular formula is C50H48N4O2. The average Bonchev–Trinajstić information content (AvgIpc) is 3.53. The second-order valence-electron chi connectivity index (χ2n) is 13.6. The molecule has 1 heterocycles. The number of nitriles is 2. The highest BCUT2D eigenvalue weighted by atomic mass is 16.2. The number of rotatable bonds is 6. The lowest BCUT2D eigenvalue weighted by molar-refractivity contribution is -0.107. The topological polar surface area (TPSA) is 89.9 Å². The molecule has 280 valence electrons. The van der Waals surface area contributed by atoms with Crippen LogP contribution in [0, 0.1) is 64.2 Å². The lowest BCUT2D eigenvalue weighted by atomic mass is 9.95. The van der Waals surface area contributed by atoms with Crippen molar-refractivity contribution in [2.24, 2.45) is 0 Å². The smallest absolute Gasteiger partial charge is 0.267 e. The summed E-state index contributed by atoms with van der Waals surface area (Å²) >= 11 is 0. The Morgan fingerprint density at radius 2 is 1.07 bits per heavy atom. The minimum Gasteiger partial charge on any atom is -0.308 e. The molecule has 6 heteroatoms. The highest BCUT2D eigenvalue weighted by Crippen LogP contribution is 2.40. The van der Waals surface area contributed by atoms with Crippen LogP contribution in [0.4, 0.5) is 5.69 Å². The van der Waals surface area contributed by atoms with Gasteiger partial charge in [-0.2, -0.15) is 10.5 Å². The van der Waals surface area contributed by atoms with Gasteiger partial charge in [0.1, 0.15) is 0 Å². The fraction of sp³-hybridized carbons (Fsp3) is 0.200. The molecule has 0 spiro atoms. The van der Waals surface area contributed by atoms with Crippen LogP contribution in [0.5, 0.6) is 0 Å². The maximum absolute atomic E-state index is 14.7. The minimum absolute atomic E-state index is 0.400. The van der Waals surface area contributed by atoms with E-state index < -0.39 is 5.91 Å². The van der Waals surface area contributed by atoms with Crippen LogP contribution in [-0.4, -0.2) is 16.9 Å². The average molecular weight is 737 g/mol. The van der Waals surface area contributed by atoms with E-state index in [4.69, 9.17) is 0 Å². The van der Waals surface area contributed by atoms with Crippen LogP contribution >= 0.6 is 0 Å². The zero-order chi connectivity index (χ0) is 40.8. The molecule has 1 aromatic heterocycles. The summed E-state index contributed by atoms with van der Waals surface area (Å²) in [6.07, 6.45) is 0.619. The Morgan fingerprint density at radius 3 is 1.50 bits per heavy atom. The lowest BCUT2D eigenvalue weighted by Gasteiger charge is -2.24. The molecule has 0 unspecified atom stereocenters. The second-order valence-corrected chi connectivity index (χ2v) is 13.6. The van der Waals surface area contributed by atoms with E-state index in [1.807, 2.05) is 136 Å². The molecule has 6 aromatic carbocycles. The number of hydrogen-bond donors (Lipinski definition) is 0. The Kier molecular flexibility index (Phi) is 12.4. The van der Waals surface area contributed by atoms with Crippen LogP contribution in [-0.2, 0) is 4.79 Å². The van der Waals surface area contributed by atoms with Crippen molar-refractivity contribution < 1.29 is 9.59 Å². The summed E-state index contributed by atoms with van der Waals surface area (Å²) in [6.45, 7) is 19.8. The zero-order valence-corrected chi connectivity index (χ0v) is 34.0. The predicted molar refractivity (Wildman–Crippen MR) is 232 cm³/mol. The standard InChI is InChI=1S/C46H36N4O2.2C2H6/c1-27-18-31(5)45(32(6)19-27)49(26-51)46(52)44-28(2)8-7-9-43(44)50-41-16-12-35(37-14-10-33(24-47)20-29(37)3)22-39(41)40-23-36(13-17-42(40)50)38-15-11-34(25-48)21-30(38)4;2*1-2/h7-23,26H,1-6H3;2*1-2H3. The van der Waals surface area contributed by atoms with Crippen LogP contribution < -0.4 is 4.90 Å². The molecule has 0 aliphatic heterocycles. The first kappa shape index (κ1) is 40.4. The number of nitrogens with zero attached hydrogens (tertiary/aromatic N) is 4. The number of anilines is 1. The molecule has 0 fully saturated rings. The van der Waals surface area contributed by atoms with Gasteiger partial charge in [0.2, 0.25) is 6.41 Å². The van der Waals surface area contributed by atoms with Gasteiger partial charge in [-0.1, -0.05) is 81.8 Å². The molecule has 0 saturated heterocycles. The molecule has 6 nitrogen and oxygen atoms in total. The van der Waals surface area contributed by atoms with Crippen molar-refractivity contribution in [3.63, 3.8) is 0 Å². The van der Waals surface area contributed by atoms with Crippen molar-refractivity contribution in [3.8, 4) is 40.1 Å². The van der Waals surface area contributed by atoms with E-state index in [0.29, 0.717) is 34.5 Å². The SMILES string of the molecule is CC.CC.Cc1cc(C)c(N(C=O)C(=O)c2c(C)cccc2-n2c3ccc(-c4ccc(C#N)cc4C)cc3c3cc(-c4ccc(C#N)cc4C)ccc32)c(C)c1. The van der Waals surface area contributed by atoms with Gasteiger partial charge >= 0.3 is 0 Å². The predicted octanol–water partition coefficient (Wildman–Crippen LogP) is 12.6. The van der Waals surface area contributed by atoms with Crippen molar-refractivity contribution >= 4 is 39.8 Å². The molecule has 7 aromatic rings. The highest BCUT2D eigenvalue weighted by molar-refractivity contribution is 6.19. The summed E-state index contributed by atoms with van der Waals surface area (Å²) in [7, 11) is 0. The largest absolute Gasteiger partial charge is 0.308 e. The van der Waals surface area contributed by atoms with Gasteiger partial charge in [-0.05, 0) is 146 Å². The minimum atomic E-state index is -0.400. The van der Waals surface area contributed by atoms with Crippen molar-refractivity contribution in [1.29, 1.82) is 10.5 Å². The normalized spacial score (nSPS) is 10.4. The Morgan fingerprint density at radius 1 is 0.589 bits per heavy atom. The first-order valence-electron chi connectivity index (χ1n) is 19.1. The van der Waals surface area contributed by atoms with E-state index >= 15 is 0 Å². The van der Waals surface area contributed by atoms with Crippen molar-refractivity contribution in [3.05, 3.63) is 153 Å². The molecule has 0 aliphatic carbocycles. The maximum atomic E-state index is 14.7. The summed E-state index contributed by atoms with van der Waals surface area (Å²) in [4.78, 5) is 28.7. The fourth-order valence-corrected chi connectivity index (χ4v) is 7.72. The molecule has 0 atom stereocenters. The molecule has 0 radical (unpaired) electrons. The van der Waals surface area contributed by atoms with Gasteiger partial charge in [-0.3, -0.25) is 9.59 Å². The second kappa shape index (κ2) is 17.1. The third-order valence-electron chi connectivity index (χ3n) is 10.0. The number of fused-ring (bicyclic) bond motifs is 3. The first-order valence-corrected chi connectivity index (χ1v) is 19.1. The van der Waals surface area contributed by atoms with Crippen LogP contribution in [0.15, 0.2) is 103 Å². The fourth-order valence-electron chi connectivity index (χ4n) is 7.72. The van der Waals surface area contributed by atoms with Gasteiger partial charge in [-0.15, -0.1) is 0 Å². The molecule has 0 N–H and O–H groups in total. The molecule has 0 saturated carbocycles. The Labute approximate surface area is 330 Å². The van der Waals surface area contributed by atoms with Gasteiger partial charge < -0.3 is 4.57 Å². The monoisotopic (exact) mass is 736 g/mol. The zero-order valence-electron chi connectivity index (χ0n) is 34.0. The van der Waals surface area contributed by atoms with E-state index in [-0.39, 0.29) is 0 Å². The van der Waals surface area contributed by atoms with Gasteiger partial charge in [0.05, 0.1) is 51.2 Å². The third kappa shape index (κ3) is 7.35. The molecule has 7 rings (SSSR count). The van der Waals surface area contributed by atoms with Gasteiger partial charge in [0.15, 0.2) is 0 Å². The Bertz CT molecular complexity index is 2580. The number of carbonyl (C=O) groups excluding carboxylic acids is 2. The van der Waals surface area contributed by atoms with Crippen LogP contribution in [0.2, 0.25) is 0 Å². The number of aromatic nitrogens is 1. The molecule has 0 bridgehead atoms. The molecule has 0 aliphatic rings. The number of amides is 2. The summed E-state index contributed by atoms with van der Waals surface area (Å²) in [5.74, 6) is -0.400. The van der Waals surface area contributed by atoms with Crippen LogP contribution in [0.1, 0.15) is 82.6 Å². The van der Waals surface area contributed by atoms with Gasteiger partial charge in [-0.25, -0.2) is 4.90 Å². The van der Waals surface area contributed by atoms with E-state index in [9.17, 15) is 20.1 Å². The summed E-state index contributed by atoms with van der Waals surface area (Å²) < 4.78 is 2.12. The number of imide groups is 1. The van der Waals surface area contributed by atoms with Crippen molar-refractivity contribution in [1.82, 2.24) is 4.57 Å². The molecule has 2 amide bonds. The van der Waals surface area contributed by atoms with E-state index in [2.05, 4.69) is 53.1 Å². The third-order valence-corrected chi connectivity index (χ3v) is 10.0. The maximum Gasteiger partial charge on any atom is 0.267 e. The molecule has 56 heavy (non-hydrogen) atoms. The van der Waals surface area contributed by atoms with Crippen molar-refractivity contribution in [2.75, 3.05) is 4.90 Å². The highest BCUT2D eigenvalue weighted by Gasteiger charge is 2.27. The van der Waals surface area contributed by atoms with E-state index in [0.717, 1.165) is 77.4 Å². The van der Waals surface area contributed by atoms with Gasteiger partial charge in [0, 0.05) is 10.8 Å². The molecular weight excluding hydrogens is 689 g/mol. The summed E-state index contributed by atoms with van der Waals surface area (Å²) in [6, 6.07) is 38.3. The van der Waals surface area contributed by atoms with E-state index in [1.54, 1.807) is 0 Å². The Balaban J connectivity index is 0.00000145. The number of aryl methyl sites for hydroxylation is 6. The van der Waals surface area contributed by atoms with E-state index in [1.165, 1.54) is 4.90 Å². The Hall–Kier alpha value is -6.76. The number of benzene rings is 6. The van der Waals surface area contributed by atoms with Gasteiger partial charge in [0.25, 0.3) is 5.91 Å². The lowest BCUT2D eigenvalue weighted by Crippen LogP contribution is -2.32. The van der Waals surface area contributed by atoms with Crippen LogP contribution in [0.25, 0.3) is 49.7 Å². The van der Waals surface area contributed by atoms with Crippen molar-refractivity contribution in [2.45, 2.75) is 69.2 Å².